The van der Waals surface area contributed by atoms with Crippen LogP contribution in [0.5, 0.6) is 0 Å². The van der Waals surface area contributed by atoms with Crippen LogP contribution in [0.4, 0.5) is 0 Å². The highest BCUT2D eigenvalue weighted by atomic mass is 16.8. The van der Waals surface area contributed by atoms with Crippen molar-refractivity contribution in [2.75, 3.05) is 0 Å². The summed E-state index contributed by atoms with van der Waals surface area (Å²) in [7, 11) is 0. The molecule has 0 N–H and O–H groups in total. The molecule has 0 spiro atoms. The second-order valence-electron chi connectivity index (χ2n) is 6.59. The van der Waals surface area contributed by atoms with E-state index in [-0.39, 0.29) is 18.1 Å². The maximum Gasteiger partial charge on any atom is 0.163 e. The molecular formula is C17H26O3. The monoisotopic (exact) mass is 278 g/mol. The van der Waals surface area contributed by atoms with Crippen LogP contribution in [-0.4, -0.2) is 23.8 Å². The molecular weight excluding hydrogens is 252 g/mol. The van der Waals surface area contributed by atoms with E-state index in [4.69, 9.17) is 9.47 Å². The Hall–Kier alpha value is -0.930. The summed E-state index contributed by atoms with van der Waals surface area (Å²) in [5.74, 6) is -0.419. The van der Waals surface area contributed by atoms with E-state index in [1.165, 1.54) is 5.57 Å². The Balaban J connectivity index is 2.15. The molecule has 0 unspecified atom stereocenters. The van der Waals surface area contributed by atoms with Gasteiger partial charge in [0.15, 0.2) is 5.79 Å². The average Bonchev–Trinajstić information content (AvgIpc) is 2.62. The zero-order valence-electron chi connectivity index (χ0n) is 13.2. The van der Waals surface area contributed by atoms with Crippen molar-refractivity contribution in [2.45, 2.75) is 71.9 Å². The molecule has 3 heteroatoms. The molecule has 1 saturated heterocycles. The van der Waals surface area contributed by atoms with Crippen molar-refractivity contribution in [2.24, 2.45) is 5.92 Å². The van der Waals surface area contributed by atoms with Gasteiger partial charge in [0.25, 0.3) is 0 Å². The predicted molar refractivity (Wildman–Crippen MR) is 79.4 cm³/mol. The normalized spacial score (nSPS) is 33.0. The summed E-state index contributed by atoms with van der Waals surface area (Å²) >= 11 is 0. The van der Waals surface area contributed by atoms with E-state index >= 15 is 0 Å². The zero-order chi connectivity index (χ0) is 14.9. The van der Waals surface area contributed by atoms with Crippen molar-refractivity contribution in [3.8, 4) is 0 Å². The van der Waals surface area contributed by atoms with E-state index in [9.17, 15) is 4.79 Å². The van der Waals surface area contributed by atoms with Crippen molar-refractivity contribution in [1.82, 2.24) is 0 Å². The molecule has 20 heavy (non-hydrogen) atoms. The molecule has 112 valence electrons. The smallest absolute Gasteiger partial charge is 0.163 e. The minimum Gasteiger partial charge on any atom is -0.345 e. The van der Waals surface area contributed by atoms with Gasteiger partial charge in [-0.05, 0) is 47.5 Å². The van der Waals surface area contributed by atoms with Crippen molar-refractivity contribution >= 4 is 5.78 Å². The molecule has 0 aromatic rings. The van der Waals surface area contributed by atoms with E-state index in [0.29, 0.717) is 12.2 Å². The summed E-state index contributed by atoms with van der Waals surface area (Å²) in [5.41, 5.74) is 2.41. The number of hydrogen-bond donors (Lipinski definition) is 0. The minimum absolute atomic E-state index is 0.0551. The second-order valence-corrected chi connectivity index (χ2v) is 6.59. The Morgan fingerprint density at radius 1 is 1.25 bits per heavy atom. The van der Waals surface area contributed by atoms with Crippen molar-refractivity contribution < 1.29 is 14.3 Å². The molecule has 0 aromatic heterocycles. The number of rotatable bonds is 3. The van der Waals surface area contributed by atoms with Crippen LogP contribution >= 0.6 is 0 Å². The van der Waals surface area contributed by atoms with Gasteiger partial charge < -0.3 is 9.47 Å². The molecule has 2 rings (SSSR count). The Labute approximate surface area is 122 Å². The van der Waals surface area contributed by atoms with Gasteiger partial charge in [-0.25, -0.2) is 0 Å². The summed E-state index contributed by atoms with van der Waals surface area (Å²) in [5, 5.41) is 0. The van der Waals surface area contributed by atoms with Gasteiger partial charge in [-0.2, -0.15) is 0 Å². The van der Waals surface area contributed by atoms with E-state index < -0.39 is 5.79 Å². The van der Waals surface area contributed by atoms with Crippen LogP contribution in [-0.2, 0) is 14.3 Å². The molecule has 2 fully saturated rings. The molecule has 0 radical (unpaired) electrons. The molecule has 0 bridgehead atoms. The van der Waals surface area contributed by atoms with Crippen molar-refractivity contribution in [1.29, 1.82) is 0 Å². The molecule has 1 heterocycles. The summed E-state index contributed by atoms with van der Waals surface area (Å²) < 4.78 is 11.9. The van der Waals surface area contributed by atoms with E-state index in [2.05, 4.69) is 26.0 Å². The number of ketones is 1. The summed E-state index contributed by atoms with van der Waals surface area (Å²) in [6.07, 6.45) is 6.51. The Morgan fingerprint density at radius 2 is 1.95 bits per heavy atom. The van der Waals surface area contributed by atoms with Crippen LogP contribution in [0.3, 0.4) is 0 Å². The van der Waals surface area contributed by atoms with Gasteiger partial charge >= 0.3 is 0 Å². The first-order valence-electron chi connectivity index (χ1n) is 7.48. The maximum atomic E-state index is 12.3. The molecule has 3 atom stereocenters. The van der Waals surface area contributed by atoms with Crippen LogP contribution in [0.1, 0.15) is 53.9 Å². The third-order valence-electron chi connectivity index (χ3n) is 4.03. The van der Waals surface area contributed by atoms with Crippen LogP contribution in [0.15, 0.2) is 23.3 Å². The lowest BCUT2D eigenvalue weighted by molar-refractivity contribution is -0.149. The van der Waals surface area contributed by atoms with Crippen LogP contribution in [0, 0.1) is 5.92 Å². The largest absolute Gasteiger partial charge is 0.345 e. The van der Waals surface area contributed by atoms with Gasteiger partial charge in [0.1, 0.15) is 11.9 Å². The second kappa shape index (κ2) is 5.82. The first-order valence-corrected chi connectivity index (χ1v) is 7.48. The number of ether oxygens (including phenoxy) is 2. The summed E-state index contributed by atoms with van der Waals surface area (Å²) in [6.45, 7) is 10.1. The van der Waals surface area contributed by atoms with Gasteiger partial charge in [0.2, 0.25) is 0 Å². The van der Waals surface area contributed by atoms with Gasteiger partial charge in [-0.15, -0.1) is 0 Å². The number of allylic oxidation sites excluding steroid dienone is 3. The first kappa shape index (κ1) is 15.5. The zero-order valence-corrected chi connectivity index (χ0v) is 13.2. The van der Waals surface area contributed by atoms with Gasteiger partial charge in [0, 0.05) is 6.42 Å². The van der Waals surface area contributed by atoms with Crippen LogP contribution < -0.4 is 0 Å². The lowest BCUT2D eigenvalue weighted by atomic mass is 9.79. The SMILES string of the molecule is CC(C)=CC/C=C(\C)[C@@H]1C(=O)CC[C@H]2OC(C)(C)O[C@H]21. The van der Waals surface area contributed by atoms with Crippen LogP contribution in [0.25, 0.3) is 0 Å². The van der Waals surface area contributed by atoms with Crippen LogP contribution in [0.2, 0.25) is 0 Å². The number of carbonyl (C=O) groups is 1. The Bertz CT molecular complexity index is 441. The minimum atomic E-state index is -0.571. The third kappa shape index (κ3) is 3.39. The first-order chi connectivity index (χ1) is 9.30. The average molecular weight is 278 g/mol. The highest BCUT2D eigenvalue weighted by molar-refractivity contribution is 5.85. The predicted octanol–water partition coefficient (Wildman–Crippen LogP) is 3.79. The molecule has 0 amide bonds. The van der Waals surface area contributed by atoms with Gasteiger partial charge in [-0.3, -0.25) is 4.79 Å². The van der Waals surface area contributed by atoms with E-state index in [1.807, 2.05) is 20.8 Å². The molecule has 1 aliphatic heterocycles. The Kier molecular flexibility index (Phi) is 4.50. The van der Waals surface area contributed by atoms with Gasteiger partial charge in [0.05, 0.1) is 12.0 Å². The summed E-state index contributed by atoms with van der Waals surface area (Å²) in [6, 6.07) is 0. The third-order valence-corrected chi connectivity index (χ3v) is 4.03. The Morgan fingerprint density at radius 3 is 2.60 bits per heavy atom. The number of fused-ring (bicyclic) bond motifs is 1. The molecule has 0 aromatic carbocycles. The lowest BCUT2D eigenvalue weighted by Gasteiger charge is -2.30. The van der Waals surface area contributed by atoms with Crippen molar-refractivity contribution in [3.63, 3.8) is 0 Å². The molecule has 1 aliphatic carbocycles. The standard InChI is InChI=1S/C17H26O3/c1-11(2)7-6-8-12(3)15-13(18)9-10-14-16(15)20-17(4,5)19-14/h7-8,14-16H,6,9-10H2,1-5H3/b12-8+/t14-,15-,16-/m1/s1. The van der Waals surface area contributed by atoms with Crippen molar-refractivity contribution in [3.05, 3.63) is 23.3 Å². The molecule has 3 nitrogen and oxygen atoms in total. The van der Waals surface area contributed by atoms with Gasteiger partial charge in [-0.1, -0.05) is 23.3 Å². The fraction of sp³-hybridized carbons (Fsp3) is 0.706. The topological polar surface area (TPSA) is 35.5 Å². The fourth-order valence-electron chi connectivity index (χ4n) is 3.11. The molecule has 2 aliphatic rings. The quantitative estimate of drug-likeness (QED) is 0.737. The molecule has 1 saturated carbocycles. The fourth-order valence-corrected chi connectivity index (χ4v) is 3.11. The highest BCUT2D eigenvalue weighted by Crippen LogP contribution is 2.40. The number of hydrogen-bond acceptors (Lipinski definition) is 3. The van der Waals surface area contributed by atoms with E-state index in [0.717, 1.165) is 18.4 Å². The van der Waals surface area contributed by atoms with E-state index in [1.54, 1.807) is 0 Å². The maximum absolute atomic E-state index is 12.3. The number of Topliss-reactive ketones (excluding diaryl/α,β-unsaturated/α-hetero) is 1. The highest BCUT2D eigenvalue weighted by Gasteiger charge is 2.50. The lowest BCUT2D eigenvalue weighted by Crippen LogP contribution is -2.41. The summed E-state index contributed by atoms with van der Waals surface area (Å²) in [4.78, 5) is 12.3. The number of carbonyl (C=O) groups excluding carboxylic acids is 1.